The fraction of sp³-hybridized carbons (Fsp3) is 0.176. The Kier molecular flexibility index (Phi) is 10.2. The van der Waals surface area contributed by atoms with Gasteiger partial charge in [0.1, 0.15) is 0 Å². The van der Waals surface area contributed by atoms with E-state index in [2.05, 4.69) is 21.3 Å². The fourth-order valence-electron chi connectivity index (χ4n) is 4.58. The van der Waals surface area contributed by atoms with E-state index in [9.17, 15) is 19.2 Å². The lowest BCUT2D eigenvalue weighted by Crippen LogP contribution is -2.40. The molecule has 0 aliphatic rings. The largest absolute Gasteiger partial charge is 0.348 e. The van der Waals surface area contributed by atoms with Crippen molar-refractivity contribution >= 4 is 40.1 Å². The number of aryl methyl sites for hydroxylation is 1. The summed E-state index contributed by atoms with van der Waals surface area (Å²) in [7, 11) is 0. The van der Waals surface area contributed by atoms with Crippen LogP contribution in [-0.2, 0) is 20.9 Å². The highest BCUT2D eigenvalue weighted by Crippen LogP contribution is 2.24. The first kappa shape index (κ1) is 29.7. The molecule has 0 aromatic heterocycles. The van der Waals surface area contributed by atoms with Crippen molar-refractivity contribution < 1.29 is 19.2 Å². The van der Waals surface area contributed by atoms with E-state index in [0.29, 0.717) is 23.2 Å². The molecule has 4 amide bonds. The van der Waals surface area contributed by atoms with Gasteiger partial charge in [0, 0.05) is 24.3 Å². The van der Waals surface area contributed by atoms with E-state index in [4.69, 9.17) is 0 Å². The predicted octanol–water partition coefficient (Wildman–Crippen LogP) is 4.96. The average molecular weight is 563 g/mol. The summed E-state index contributed by atoms with van der Waals surface area (Å²) in [6.07, 6.45) is 3.38. The molecule has 0 aliphatic heterocycles. The van der Waals surface area contributed by atoms with Gasteiger partial charge in [-0.2, -0.15) is 0 Å². The molecule has 0 saturated heterocycles. The second-order valence-electron chi connectivity index (χ2n) is 9.91. The molecule has 0 heterocycles. The highest BCUT2D eigenvalue weighted by atomic mass is 16.2. The molecule has 8 heteroatoms. The van der Waals surface area contributed by atoms with Crippen LogP contribution in [0.4, 0.5) is 5.69 Å². The first-order chi connectivity index (χ1) is 20.3. The maximum Gasteiger partial charge on any atom is 0.309 e. The lowest BCUT2D eigenvalue weighted by Gasteiger charge is -2.18. The Bertz CT molecular complexity index is 1620. The predicted molar refractivity (Wildman–Crippen MR) is 165 cm³/mol. The SMILES string of the molecule is Cc1cccc(NC(=O)/C=C/CCNC(=O)C(=O)NCc2ccccc2C(=O)NC(C)c2cccc3ccccc23)c1. The summed E-state index contributed by atoms with van der Waals surface area (Å²) in [6, 6.07) is 28.2. The van der Waals surface area contributed by atoms with Gasteiger partial charge in [0.15, 0.2) is 0 Å². The summed E-state index contributed by atoms with van der Waals surface area (Å²) in [4.78, 5) is 49.9. The molecule has 0 spiro atoms. The van der Waals surface area contributed by atoms with Gasteiger partial charge in [-0.1, -0.05) is 78.9 Å². The van der Waals surface area contributed by atoms with Gasteiger partial charge in [-0.15, -0.1) is 0 Å². The van der Waals surface area contributed by atoms with Crippen molar-refractivity contribution in [2.24, 2.45) is 0 Å². The van der Waals surface area contributed by atoms with Crippen LogP contribution in [0.25, 0.3) is 10.8 Å². The second kappa shape index (κ2) is 14.4. The van der Waals surface area contributed by atoms with E-state index in [1.54, 1.807) is 36.4 Å². The molecule has 1 unspecified atom stereocenters. The van der Waals surface area contributed by atoms with Crippen LogP contribution in [0.2, 0.25) is 0 Å². The molecule has 0 radical (unpaired) electrons. The van der Waals surface area contributed by atoms with Crippen molar-refractivity contribution in [2.45, 2.75) is 32.9 Å². The molecule has 42 heavy (non-hydrogen) atoms. The van der Waals surface area contributed by atoms with Crippen LogP contribution in [0.3, 0.4) is 0 Å². The van der Waals surface area contributed by atoms with Crippen molar-refractivity contribution in [1.82, 2.24) is 16.0 Å². The van der Waals surface area contributed by atoms with Crippen LogP contribution in [-0.4, -0.2) is 30.2 Å². The minimum atomic E-state index is -0.810. The highest BCUT2D eigenvalue weighted by molar-refractivity contribution is 6.35. The summed E-state index contributed by atoms with van der Waals surface area (Å²) >= 11 is 0. The van der Waals surface area contributed by atoms with E-state index >= 15 is 0 Å². The highest BCUT2D eigenvalue weighted by Gasteiger charge is 2.18. The fourth-order valence-corrected chi connectivity index (χ4v) is 4.58. The number of anilines is 1. The van der Waals surface area contributed by atoms with E-state index in [0.717, 1.165) is 21.9 Å². The Labute approximate surface area is 245 Å². The van der Waals surface area contributed by atoms with E-state index in [1.165, 1.54) is 6.08 Å². The number of rotatable bonds is 10. The zero-order valence-corrected chi connectivity index (χ0v) is 23.6. The van der Waals surface area contributed by atoms with Gasteiger partial charge in [0.05, 0.1) is 6.04 Å². The first-order valence-corrected chi connectivity index (χ1v) is 13.8. The normalized spacial score (nSPS) is 11.6. The van der Waals surface area contributed by atoms with Crippen molar-refractivity contribution in [3.63, 3.8) is 0 Å². The molecule has 4 aromatic carbocycles. The number of carbonyl (C=O) groups excluding carboxylic acids is 4. The maximum absolute atomic E-state index is 13.2. The third-order valence-electron chi connectivity index (χ3n) is 6.70. The van der Waals surface area contributed by atoms with Crippen molar-refractivity contribution in [3.8, 4) is 0 Å². The number of hydrogen-bond donors (Lipinski definition) is 4. The standard InChI is InChI=1S/C34H34N4O4/c1-23-11-9-15-27(21-23)38-31(39)19-7-8-20-35-33(41)34(42)36-22-26-13-4-6-17-30(26)32(40)37-24(2)28-18-10-14-25-12-3-5-16-29(25)28/h3-7,9-19,21,24H,8,20,22H2,1-2H3,(H,35,41)(H,36,42)(H,37,40)(H,38,39)/b19-7+. The van der Waals surface area contributed by atoms with Crippen LogP contribution < -0.4 is 21.3 Å². The Hall–Kier alpha value is -5.24. The molecular weight excluding hydrogens is 528 g/mol. The van der Waals surface area contributed by atoms with Crippen LogP contribution in [0.1, 0.15) is 46.4 Å². The van der Waals surface area contributed by atoms with Gasteiger partial charge in [-0.05, 0) is 72.0 Å². The van der Waals surface area contributed by atoms with E-state index < -0.39 is 11.8 Å². The summed E-state index contributed by atoms with van der Waals surface area (Å²) in [6.45, 7) is 4.07. The Morgan fingerprint density at radius 2 is 1.52 bits per heavy atom. The molecule has 0 fully saturated rings. The van der Waals surface area contributed by atoms with Crippen molar-refractivity contribution in [1.29, 1.82) is 0 Å². The smallest absolute Gasteiger partial charge is 0.309 e. The number of fused-ring (bicyclic) bond motifs is 1. The Morgan fingerprint density at radius 3 is 2.36 bits per heavy atom. The van der Waals surface area contributed by atoms with Crippen molar-refractivity contribution in [2.75, 3.05) is 11.9 Å². The number of amides is 4. The van der Waals surface area contributed by atoms with Crippen LogP contribution >= 0.6 is 0 Å². The molecule has 4 rings (SSSR count). The van der Waals surface area contributed by atoms with Crippen molar-refractivity contribution in [3.05, 3.63) is 125 Å². The molecule has 0 saturated carbocycles. The van der Waals surface area contributed by atoms with E-state index in [1.807, 2.05) is 74.5 Å². The minimum absolute atomic E-state index is 0.0114. The van der Waals surface area contributed by atoms with Crippen LogP contribution in [0, 0.1) is 6.92 Å². The first-order valence-electron chi connectivity index (χ1n) is 13.8. The molecule has 0 aliphatic carbocycles. The summed E-state index contributed by atoms with van der Waals surface area (Å²) in [5.41, 5.74) is 3.75. The summed E-state index contributed by atoms with van der Waals surface area (Å²) in [5.74, 6) is -2.16. The number of carbonyl (C=O) groups is 4. The van der Waals surface area contributed by atoms with E-state index in [-0.39, 0.29) is 30.9 Å². The monoisotopic (exact) mass is 562 g/mol. The van der Waals surface area contributed by atoms with Gasteiger partial charge in [0.2, 0.25) is 5.91 Å². The molecular formula is C34H34N4O4. The zero-order chi connectivity index (χ0) is 29.9. The lowest BCUT2D eigenvalue weighted by atomic mass is 9.99. The number of benzene rings is 4. The van der Waals surface area contributed by atoms with Gasteiger partial charge in [-0.25, -0.2) is 0 Å². The third-order valence-corrected chi connectivity index (χ3v) is 6.70. The third kappa shape index (κ3) is 8.14. The minimum Gasteiger partial charge on any atom is -0.348 e. The second-order valence-corrected chi connectivity index (χ2v) is 9.91. The molecule has 8 nitrogen and oxygen atoms in total. The van der Waals surface area contributed by atoms with Gasteiger partial charge >= 0.3 is 11.8 Å². The maximum atomic E-state index is 13.2. The molecule has 1 atom stereocenters. The Balaban J connectivity index is 1.24. The quantitative estimate of drug-likeness (QED) is 0.124. The topological polar surface area (TPSA) is 116 Å². The molecule has 214 valence electrons. The zero-order valence-electron chi connectivity index (χ0n) is 23.6. The van der Waals surface area contributed by atoms with Crippen LogP contribution in [0.5, 0.6) is 0 Å². The summed E-state index contributed by atoms with van der Waals surface area (Å²) in [5, 5.41) is 13.1. The number of hydrogen-bond acceptors (Lipinski definition) is 4. The van der Waals surface area contributed by atoms with Crippen LogP contribution in [0.15, 0.2) is 103 Å². The number of nitrogens with one attached hydrogen (secondary N) is 4. The Morgan fingerprint density at radius 1 is 0.810 bits per heavy atom. The average Bonchev–Trinajstić information content (AvgIpc) is 2.99. The van der Waals surface area contributed by atoms with Gasteiger partial charge in [0.25, 0.3) is 5.91 Å². The molecule has 4 aromatic rings. The van der Waals surface area contributed by atoms with Gasteiger partial charge in [-0.3, -0.25) is 19.2 Å². The lowest BCUT2D eigenvalue weighted by molar-refractivity contribution is -0.139. The molecule has 4 N–H and O–H groups in total. The summed E-state index contributed by atoms with van der Waals surface area (Å²) < 4.78 is 0. The molecule has 0 bridgehead atoms. The van der Waals surface area contributed by atoms with Gasteiger partial charge < -0.3 is 21.3 Å².